The smallest absolute Gasteiger partial charge is 0.266 e. The molecule has 1 aliphatic rings. The first-order valence-electron chi connectivity index (χ1n) is 8.13. The lowest BCUT2D eigenvalue weighted by atomic mass is 9.96. The minimum absolute atomic E-state index is 0.270. The fourth-order valence-corrected chi connectivity index (χ4v) is 5.75. The van der Waals surface area contributed by atoms with E-state index in [2.05, 4.69) is 11.4 Å². The molecule has 6 heteroatoms. The number of halogens is 1. The molecule has 0 radical (unpaired) electrons. The summed E-state index contributed by atoms with van der Waals surface area (Å²) >= 11 is 2.78. The van der Waals surface area contributed by atoms with E-state index < -0.39 is 0 Å². The molecule has 4 rings (SSSR count). The zero-order valence-corrected chi connectivity index (χ0v) is 15.2. The van der Waals surface area contributed by atoms with Gasteiger partial charge in [0.2, 0.25) is 0 Å². The zero-order valence-electron chi connectivity index (χ0n) is 13.6. The Hall–Kier alpha value is -2.23. The molecule has 0 spiro atoms. The molecular formula is C19H15FN2OS2. The number of amides is 1. The summed E-state index contributed by atoms with van der Waals surface area (Å²) in [6, 6.07) is 7.12. The molecule has 0 saturated carbocycles. The number of hydrogen-bond acceptors (Lipinski definition) is 4. The number of thiophene rings is 2. The minimum atomic E-state index is -0.311. The van der Waals surface area contributed by atoms with Crippen LogP contribution in [0.1, 0.15) is 44.1 Å². The summed E-state index contributed by atoms with van der Waals surface area (Å²) in [5, 5.41) is 13.5. The summed E-state index contributed by atoms with van der Waals surface area (Å²) in [6.07, 6.45) is 4.08. The van der Waals surface area contributed by atoms with Crippen LogP contribution in [0.3, 0.4) is 0 Å². The van der Waals surface area contributed by atoms with Crippen molar-refractivity contribution in [3.05, 3.63) is 50.5 Å². The first kappa shape index (κ1) is 16.2. The molecule has 2 aromatic heterocycles. The molecule has 0 saturated heterocycles. The molecule has 3 aromatic rings. The highest BCUT2D eigenvalue weighted by Gasteiger charge is 2.24. The molecular weight excluding hydrogens is 355 g/mol. The summed E-state index contributed by atoms with van der Waals surface area (Å²) in [7, 11) is 0. The van der Waals surface area contributed by atoms with Crippen molar-refractivity contribution in [1.29, 1.82) is 5.26 Å². The van der Waals surface area contributed by atoms with Gasteiger partial charge in [-0.3, -0.25) is 4.79 Å². The highest BCUT2D eigenvalue weighted by atomic mass is 32.1. The SMILES string of the molecule is Cc1c(C(=O)Nc2sc3c(c2C#N)CCCC3)sc2cccc(F)c12. The van der Waals surface area contributed by atoms with Crippen molar-refractivity contribution in [3.8, 4) is 6.07 Å². The summed E-state index contributed by atoms with van der Waals surface area (Å²) in [6.45, 7) is 1.77. The number of benzene rings is 1. The Bertz CT molecular complexity index is 1040. The topological polar surface area (TPSA) is 52.9 Å². The highest BCUT2D eigenvalue weighted by Crippen LogP contribution is 2.39. The Morgan fingerprint density at radius 1 is 1.28 bits per heavy atom. The monoisotopic (exact) mass is 370 g/mol. The fraction of sp³-hybridized carbons (Fsp3) is 0.263. The lowest BCUT2D eigenvalue weighted by Gasteiger charge is -2.09. The van der Waals surface area contributed by atoms with E-state index >= 15 is 0 Å². The van der Waals surface area contributed by atoms with Crippen molar-refractivity contribution in [2.24, 2.45) is 0 Å². The lowest BCUT2D eigenvalue weighted by molar-refractivity contribution is 0.103. The largest absolute Gasteiger partial charge is 0.312 e. The lowest BCUT2D eigenvalue weighted by Crippen LogP contribution is -2.11. The second kappa shape index (κ2) is 6.25. The Morgan fingerprint density at radius 2 is 2.08 bits per heavy atom. The van der Waals surface area contributed by atoms with Gasteiger partial charge in [-0.15, -0.1) is 22.7 Å². The zero-order chi connectivity index (χ0) is 17.6. The second-order valence-electron chi connectivity index (χ2n) is 6.15. The van der Waals surface area contributed by atoms with Crippen LogP contribution in [-0.4, -0.2) is 5.91 Å². The standard InChI is InChI=1S/C19H15FN2OS2/c1-10-16-13(20)6-4-8-15(16)24-17(10)18(23)22-19-12(9-21)11-5-2-3-7-14(11)25-19/h4,6,8H,2-3,5,7H2,1H3,(H,22,23). The third-order valence-electron chi connectivity index (χ3n) is 4.62. The molecule has 1 aromatic carbocycles. The molecule has 1 amide bonds. The van der Waals surface area contributed by atoms with Gasteiger partial charge in [0.15, 0.2) is 0 Å². The number of hydrogen-bond donors (Lipinski definition) is 1. The molecule has 0 aliphatic heterocycles. The maximum Gasteiger partial charge on any atom is 0.266 e. The predicted octanol–water partition coefficient (Wildman–Crippen LogP) is 5.41. The average molecular weight is 370 g/mol. The van der Waals surface area contributed by atoms with Crippen molar-refractivity contribution in [2.45, 2.75) is 32.6 Å². The van der Waals surface area contributed by atoms with Crippen LogP contribution < -0.4 is 5.32 Å². The number of rotatable bonds is 2. The fourth-order valence-electron chi connectivity index (χ4n) is 3.40. The van der Waals surface area contributed by atoms with Gasteiger partial charge in [-0.25, -0.2) is 4.39 Å². The van der Waals surface area contributed by atoms with Crippen LogP contribution in [0.15, 0.2) is 18.2 Å². The van der Waals surface area contributed by atoms with E-state index in [-0.39, 0.29) is 11.7 Å². The van der Waals surface area contributed by atoms with Crippen molar-refractivity contribution in [3.63, 3.8) is 0 Å². The van der Waals surface area contributed by atoms with Crippen LogP contribution in [0, 0.1) is 24.1 Å². The van der Waals surface area contributed by atoms with Gasteiger partial charge in [0.1, 0.15) is 16.9 Å². The molecule has 2 heterocycles. The van der Waals surface area contributed by atoms with Crippen LogP contribution in [0.5, 0.6) is 0 Å². The van der Waals surface area contributed by atoms with Crippen LogP contribution in [0.4, 0.5) is 9.39 Å². The van der Waals surface area contributed by atoms with Crippen LogP contribution in [0.25, 0.3) is 10.1 Å². The van der Waals surface area contributed by atoms with E-state index in [0.29, 0.717) is 26.4 Å². The third kappa shape index (κ3) is 2.64. The molecule has 0 unspecified atom stereocenters. The number of aryl methyl sites for hydroxylation is 2. The van der Waals surface area contributed by atoms with Crippen LogP contribution >= 0.6 is 22.7 Å². The van der Waals surface area contributed by atoms with Gasteiger partial charge in [0, 0.05) is 15.0 Å². The number of nitrogens with one attached hydrogen (secondary N) is 1. The van der Waals surface area contributed by atoms with Crippen molar-refractivity contribution >= 4 is 43.7 Å². The Balaban J connectivity index is 1.72. The number of carbonyl (C=O) groups excluding carboxylic acids is 1. The van der Waals surface area contributed by atoms with Crippen molar-refractivity contribution in [2.75, 3.05) is 5.32 Å². The number of nitriles is 1. The van der Waals surface area contributed by atoms with E-state index in [1.165, 1.54) is 33.6 Å². The maximum absolute atomic E-state index is 14.1. The van der Waals surface area contributed by atoms with E-state index in [1.807, 2.05) is 6.07 Å². The summed E-state index contributed by atoms with van der Waals surface area (Å²) in [5.41, 5.74) is 2.33. The minimum Gasteiger partial charge on any atom is -0.312 e. The van der Waals surface area contributed by atoms with Gasteiger partial charge in [-0.1, -0.05) is 6.07 Å². The van der Waals surface area contributed by atoms with Gasteiger partial charge >= 0.3 is 0 Å². The van der Waals surface area contributed by atoms with Crippen LogP contribution in [0.2, 0.25) is 0 Å². The molecule has 0 fully saturated rings. The molecule has 1 aliphatic carbocycles. The number of nitrogens with zero attached hydrogens (tertiary/aromatic N) is 1. The normalized spacial score (nSPS) is 13.5. The van der Waals surface area contributed by atoms with Gasteiger partial charge in [0.25, 0.3) is 5.91 Å². The van der Waals surface area contributed by atoms with E-state index in [9.17, 15) is 14.4 Å². The summed E-state index contributed by atoms with van der Waals surface area (Å²) in [5.74, 6) is -0.581. The van der Waals surface area contributed by atoms with Crippen molar-refractivity contribution < 1.29 is 9.18 Å². The summed E-state index contributed by atoms with van der Waals surface area (Å²) < 4.78 is 14.8. The van der Waals surface area contributed by atoms with Crippen LogP contribution in [-0.2, 0) is 12.8 Å². The molecule has 126 valence electrons. The summed E-state index contributed by atoms with van der Waals surface area (Å²) in [4.78, 5) is 14.5. The number of carbonyl (C=O) groups is 1. The van der Waals surface area contributed by atoms with E-state index in [0.717, 1.165) is 35.9 Å². The number of anilines is 1. The molecule has 0 bridgehead atoms. The highest BCUT2D eigenvalue weighted by molar-refractivity contribution is 7.21. The number of fused-ring (bicyclic) bond motifs is 2. The first-order chi connectivity index (χ1) is 12.1. The molecule has 0 atom stereocenters. The maximum atomic E-state index is 14.1. The van der Waals surface area contributed by atoms with E-state index in [4.69, 9.17) is 0 Å². The molecule has 1 N–H and O–H groups in total. The first-order valence-corrected chi connectivity index (χ1v) is 9.77. The van der Waals surface area contributed by atoms with Gasteiger partial charge in [-0.2, -0.15) is 5.26 Å². The van der Waals surface area contributed by atoms with Gasteiger partial charge in [-0.05, 0) is 55.9 Å². The Kier molecular flexibility index (Phi) is 4.06. The average Bonchev–Trinajstić information content (AvgIpc) is 3.13. The van der Waals surface area contributed by atoms with E-state index in [1.54, 1.807) is 13.0 Å². The molecule has 25 heavy (non-hydrogen) atoms. The Morgan fingerprint density at radius 3 is 2.84 bits per heavy atom. The predicted molar refractivity (Wildman–Crippen MR) is 100 cm³/mol. The van der Waals surface area contributed by atoms with Gasteiger partial charge in [0.05, 0.1) is 10.4 Å². The second-order valence-corrected chi connectivity index (χ2v) is 8.31. The van der Waals surface area contributed by atoms with Crippen molar-refractivity contribution in [1.82, 2.24) is 0 Å². The molecule has 3 nitrogen and oxygen atoms in total. The quantitative estimate of drug-likeness (QED) is 0.655. The van der Waals surface area contributed by atoms with Gasteiger partial charge < -0.3 is 5.32 Å². The third-order valence-corrected chi connectivity index (χ3v) is 7.08. The Labute approximate surface area is 152 Å².